The first-order chi connectivity index (χ1) is 10.9. The molecule has 1 unspecified atom stereocenters. The molecule has 2 aromatic rings. The third-order valence-electron chi connectivity index (χ3n) is 3.68. The summed E-state index contributed by atoms with van der Waals surface area (Å²) in [4.78, 5) is 15.3. The van der Waals surface area contributed by atoms with Crippen molar-refractivity contribution in [2.24, 2.45) is 0 Å². The van der Waals surface area contributed by atoms with Crippen LogP contribution in [0, 0.1) is 0 Å². The summed E-state index contributed by atoms with van der Waals surface area (Å²) >= 11 is 0. The molecular weight excluding hydrogens is 292 g/mol. The Labute approximate surface area is 133 Å². The van der Waals surface area contributed by atoms with Crippen molar-refractivity contribution >= 4 is 16.8 Å². The Balaban J connectivity index is 1.69. The van der Waals surface area contributed by atoms with E-state index in [1.807, 2.05) is 6.08 Å². The highest BCUT2D eigenvalue weighted by molar-refractivity contribution is 5.98. The van der Waals surface area contributed by atoms with Gasteiger partial charge in [0.1, 0.15) is 11.4 Å². The molecule has 0 radical (unpaired) electrons. The van der Waals surface area contributed by atoms with Crippen LogP contribution in [-0.4, -0.2) is 33.3 Å². The summed E-state index contributed by atoms with van der Waals surface area (Å²) in [5.74, 6) is -0.0639. The Morgan fingerprint density at radius 2 is 2.13 bits per heavy atom. The van der Waals surface area contributed by atoms with E-state index in [1.165, 1.54) is 0 Å². The number of phenolic OH excluding ortho intramolecular Hbond substituents is 1. The molecule has 4 N–H and O–H groups in total. The van der Waals surface area contributed by atoms with Gasteiger partial charge in [0.25, 0.3) is 5.91 Å². The molecular formula is C18H18N2O3. The second kappa shape index (κ2) is 5.78. The van der Waals surface area contributed by atoms with Gasteiger partial charge in [-0.1, -0.05) is 18.2 Å². The van der Waals surface area contributed by atoms with Crippen LogP contribution in [-0.2, 0) is 0 Å². The van der Waals surface area contributed by atoms with Crippen LogP contribution in [0.2, 0.25) is 0 Å². The Hall–Kier alpha value is -2.79. The largest absolute Gasteiger partial charge is 0.508 e. The molecule has 1 atom stereocenters. The summed E-state index contributed by atoms with van der Waals surface area (Å²) in [6, 6.07) is 6.60. The van der Waals surface area contributed by atoms with Crippen molar-refractivity contribution in [3.05, 3.63) is 65.9 Å². The predicted octanol–water partition coefficient (Wildman–Crippen LogP) is 2.41. The number of H-pyrrole nitrogens is 1. The van der Waals surface area contributed by atoms with Gasteiger partial charge in [-0.2, -0.15) is 0 Å². The smallest absolute Gasteiger partial charge is 0.267 e. The molecule has 5 heteroatoms. The van der Waals surface area contributed by atoms with Gasteiger partial charge in [0.05, 0.1) is 5.60 Å². The number of aromatic nitrogens is 1. The van der Waals surface area contributed by atoms with Crippen LogP contribution in [0.25, 0.3) is 10.9 Å². The van der Waals surface area contributed by atoms with Crippen molar-refractivity contribution in [3.63, 3.8) is 0 Å². The number of allylic oxidation sites excluding steroid dienone is 2. The molecule has 1 aliphatic carbocycles. The van der Waals surface area contributed by atoms with Crippen LogP contribution >= 0.6 is 0 Å². The lowest BCUT2D eigenvalue weighted by Gasteiger charge is -2.11. The van der Waals surface area contributed by atoms with Gasteiger partial charge in [-0.15, -0.1) is 0 Å². The third kappa shape index (κ3) is 3.52. The lowest BCUT2D eigenvalue weighted by atomic mass is 10.1. The number of phenols is 1. The van der Waals surface area contributed by atoms with E-state index in [2.05, 4.69) is 10.3 Å². The van der Waals surface area contributed by atoms with Crippen LogP contribution in [0.1, 0.15) is 17.4 Å². The first-order valence-corrected chi connectivity index (χ1v) is 7.33. The van der Waals surface area contributed by atoms with Gasteiger partial charge in [0.2, 0.25) is 0 Å². The van der Waals surface area contributed by atoms with E-state index in [0.717, 1.165) is 16.5 Å². The summed E-state index contributed by atoms with van der Waals surface area (Å²) in [6.45, 7) is 2.05. The summed E-state index contributed by atoms with van der Waals surface area (Å²) in [6.07, 6.45) is 8.78. The first kappa shape index (κ1) is 15.1. The Kier molecular flexibility index (Phi) is 3.80. The normalized spacial score (nSPS) is 20.3. The highest BCUT2D eigenvalue weighted by Gasteiger charge is 2.14. The van der Waals surface area contributed by atoms with Gasteiger partial charge < -0.3 is 20.5 Å². The van der Waals surface area contributed by atoms with Gasteiger partial charge >= 0.3 is 0 Å². The number of aliphatic hydroxyl groups is 1. The average Bonchev–Trinajstić information content (AvgIpc) is 2.83. The second-order valence-electron chi connectivity index (χ2n) is 5.80. The molecule has 1 heterocycles. The van der Waals surface area contributed by atoms with E-state index in [1.54, 1.807) is 55.5 Å². The molecule has 0 aliphatic heterocycles. The molecule has 118 valence electrons. The highest BCUT2D eigenvalue weighted by atomic mass is 16.3. The maximum Gasteiger partial charge on any atom is 0.267 e. The number of hydrogen-bond donors (Lipinski definition) is 4. The topological polar surface area (TPSA) is 85.3 Å². The van der Waals surface area contributed by atoms with Gasteiger partial charge in [0, 0.05) is 17.4 Å². The zero-order valence-electron chi connectivity index (χ0n) is 12.7. The number of aromatic hydroxyl groups is 1. The monoisotopic (exact) mass is 310 g/mol. The third-order valence-corrected chi connectivity index (χ3v) is 3.68. The molecule has 3 rings (SSSR count). The van der Waals surface area contributed by atoms with Crippen LogP contribution < -0.4 is 5.32 Å². The lowest BCUT2D eigenvalue weighted by Crippen LogP contribution is -2.25. The molecule has 0 saturated heterocycles. The van der Waals surface area contributed by atoms with Gasteiger partial charge in [-0.25, -0.2) is 0 Å². The van der Waals surface area contributed by atoms with E-state index >= 15 is 0 Å². The van der Waals surface area contributed by atoms with Crippen molar-refractivity contribution in [2.75, 3.05) is 6.54 Å². The van der Waals surface area contributed by atoms with Crippen molar-refractivity contribution in [1.82, 2.24) is 10.3 Å². The summed E-state index contributed by atoms with van der Waals surface area (Å²) < 4.78 is 0. The maximum atomic E-state index is 12.2. The highest BCUT2D eigenvalue weighted by Crippen LogP contribution is 2.20. The molecule has 5 nitrogen and oxygen atoms in total. The van der Waals surface area contributed by atoms with Crippen molar-refractivity contribution in [1.29, 1.82) is 0 Å². The van der Waals surface area contributed by atoms with E-state index in [9.17, 15) is 15.0 Å². The minimum atomic E-state index is -0.971. The summed E-state index contributed by atoms with van der Waals surface area (Å²) in [7, 11) is 0. The van der Waals surface area contributed by atoms with Gasteiger partial charge in [-0.3, -0.25) is 4.79 Å². The summed E-state index contributed by atoms with van der Waals surface area (Å²) in [5.41, 5.74) is 1.15. The summed E-state index contributed by atoms with van der Waals surface area (Å²) in [5, 5.41) is 23.0. The molecule has 1 amide bonds. The number of fused-ring (bicyclic) bond motifs is 1. The molecule has 1 aromatic heterocycles. The second-order valence-corrected chi connectivity index (χ2v) is 5.80. The van der Waals surface area contributed by atoms with E-state index in [4.69, 9.17) is 0 Å². The number of amides is 1. The predicted molar refractivity (Wildman–Crippen MR) is 89.3 cm³/mol. The van der Waals surface area contributed by atoms with Crippen LogP contribution in [0.4, 0.5) is 0 Å². The number of hydrogen-bond acceptors (Lipinski definition) is 3. The molecule has 23 heavy (non-hydrogen) atoms. The first-order valence-electron chi connectivity index (χ1n) is 7.33. The Morgan fingerprint density at radius 3 is 2.96 bits per heavy atom. The van der Waals surface area contributed by atoms with Crippen LogP contribution in [0.3, 0.4) is 0 Å². The van der Waals surface area contributed by atoms with E-state index < -0.39 is 5.60 Å². The fraction of sp³-hybridized carbons (Fsp3) is 0.167. The number of benzene rings is 1. The zero-order chi connectivity index (χ0) is 16.4. The molecule has 1 aliphatic rings. The molecule has 0 fully saturated rings. The SMILES string of the molecule is CC1(O)C=CC=C(CNC(=O)c2cc3cc(O)ccc3[nH]2)C=C1. The number of carbonyl (C=O) groups is 1. The molecule has 0 spiro atoms. The maximum absolute atomic E-state index is 12.2. The minimum absolute atomic E-state index is 0.163. The van der Waals surface area contributed by atoms with Gasteiger partial charge in [-0.05, 0) is 48.9 Å². The number of carbonyl (C=O) groups excluding carboxylic acids is 1. The fourth-order valence-electron chi connectivity index (χ4n) is 2.39. The number of aromatic amines is 1. The van der Waals surface area contributed by atoms with Gasteiger partial charge in [0.15, 0.2) is 0 Å². The van der Waals surface area contributed by atoms with E-state index in [-0.39, 0.29) is 11.7 Å². The van der Waals surface area contributed by atoms with Crippen LogP contribution in [0.15, 0.2) is 60.2 Å². The molecule has 1 aromatic carbocycles. The minimum Gasteiger partial charge on any atom is -0.508 e. The number of nitrogens with one attached hydrogen (secondary N) is 2. The average molecular weight is 310 g/mol. The van der Waals surface area contributed by atoms with Crippen molar-refractivity contribution < 1.29 is 15.0 Å². The Morgan fingerprint density at radius 1 is 1.30 bits per heavy atom. The zero-order valence-corrected chi connectivity index (χ0v) is 12.7. The standard InChI is InChI=1S/C18H18N2O3/c1-18(23)7-2-3-12(6-8-18)11-19-17(22)16-10-13-9-14(21)4-5-15(13)20-16/h2-10,20-21,23H,11H2,1H3,(H,19,22). The molecule has 0 saturated carbocycles. The lowest BCUT2D eigenvalue weighted by molar-refractivity contribution is 0.0953. The van der Waals surface area contributed by atoms with Crippen LogP contribution in [0.5, 0.6) is 5.75 Å². The van der Waals surface area contributed by atoms with Crippen molar-refractivity contribution in [3.8, 4) is 5.75 Å². The Bertz CT molecular complexity index is 841. The van der Waals surface area contributed by atoms with Crippen molar-refractivity contribution in [2.45, 2.75) is 12.5 Å². The quantitative estimate of drug-likeness (QED) is 0.702. The number of rotatable bonds is 3. The fourth-order valence-corrected chi connectivity index (χ4v) is 2.39. The van der Waals surface area contributed by atoms with E-state index in [0.29, 0.717) is 12.2 Å². The molecule has 0 bridgehead atoms.